The van der Waals surface area contributed by atoms with Crippen LogP contribution in [0.4, 0.5) is 0 Å². The molecule has 1 aliphatic rings. The highest BCUT2D eigenvalue weighted by Gasteiger charge is 2.22. The molecule has 1 amide bonds. The Labute approximate surface area is 144 Å². The first-order valence-electron chi connectivity index (χ1n) is 8.48. The highest BCUT2D eigenvalue weighted by atomic mass is 16.5. The monoisotopic (exact) mass is 335 g/mol. The first-order valence-corrected chi connectivity index (χ1v) is 8.48. The maximum absolute atomic E-state index is 12.1. The standard InChI is InChI=1S/C18H29N3O3/c1-15-13-20(2)8-9-21(15)14-18(22)19-12-16-4-6-17(7-5-16)24-11-10-23-3/h4-7,15H,8-14H2,1-3H3,(H,19,22)/t15-/m0/s1. The number of hydrogen-bond donors (Lipinski definition) is 1. The van der Waals surface area contributed by atoms with Gasteiger partial charge in [-0.05, 0) is 31.7 Å². The summed E-state index contributed by atoms with van der Waals surface area (Å²) in [6.07, 6.45) is 0. The van der Waals surface area contributed by atoms with E-state index in [9.17, 15) is 4.79 Å². The van der Waals surface area contributed by atoms with E-state index in [0.29, 0.717) is 32.3 Å². The van der Waals surface area contributed by atoms with Gasteiger partial charge in [-0.3, -0.25) is 9.69 Å². The Bertz CT molecular complexity index is 507. The lowest BCUT2D eigenvalue weighted by Gasteiger charge is -2.37. The van der Waals surface area contributed by atoms with Crippen LogP contribution in [-0.2, 0) is 16.1 Å². The normalized spacial score (nSPS) is 19.2. The van der Waals surface area contributed by atoms with Gasteiger partial charge in [-0.15, -0.1) is 0 Å². The minimum absolute atomic E-state index is 0.0758. The Morgan fingerprint density at radius 2 is 2.00 bits per heavy atom. The highest BCUT2D eigenvalue weighted by molar-refractivity contribution is 5.78. The number of amides is 1. The number of rotatable bonds is 8. The van der Waals surface area contributed by atoms with Crippen molar-refractivity contribution in [2.45, 2.75) is 19.5 Å². The summed E-state index contributed by atoms with van der Waals surface area (Å²) in [5.41, 5.74) is 1.06. The average Bonchev–Trinajstić information content (AvgIpc) is 2.57. The van der Waals surface area contributed by atoms with E-state index < -0.39 is 0 Å². The second kappa shape index (κ2) is 9.61. The summed E-state index contributed by atoms with van der Waals surface area (Å²) >= 11 is 0. The van der Waals surface area contributed by atoms with Gasteiger partial charge in [0.2, 0.25) is 5.91 Å². The number of carbonyl (C=O) groups is 1. The van der Waals surface area contributed by atoms with Gasteiger partial charge in [-0.2, -0.15) is 0 Å². The molecular weight excluding hydrogens is 306 g/mol. The van der Waals surface area contributed by atoms with Crippen LogP contribution in [0.3, 0.4) is 0 Å². The predicted octanol–water partition coefficient (Wildman–Crippen LogP) is 0.964. The van der Waals surface area contributed by atoms with E-state index in [2.05, 4.69) is 29.1 Å². The lowest BCUT2D eigenvalue weighted by molar-refractivity contribution is -0.123. The van der Waals surface area contributed by atoms with E-state index in [1.165, 1.54) is 0 Å². The molecule has 0 spiro atoms. The van der Waals surface area contributed by atoms with Gasteiger partial charge in [0.25, 0.3) is 0 Å². The van der Waals surface area contributed by atoms with Crippen LogP contribution in [0.15, 0.2) is 24.3 Å². The summed E-state index contributed by atoms with van der Waals surface area (Å²) in [6, 6.07) is 8.19. The predicted molar refractivity (Wildman–Crippen MR) is 94.2 cm³/mol. The fourth-order valence-electron chi connectivity index (χ4n) is 2.80. The van der Waals surface area contributed by atoms with Gasteiger partial charge >= 0.3 is 0 Å². The van der Waals surface area contributed by atoms with Crippen molar-refractivity contribution in [1.29, 1.82) is 0 Å². The summed E-state index contributed by atoms with van der Waals surface area (Å²) in [4.78, 5) is 16.7. The zero-order valence-corrected chi connectivity index (χ0v) is 15.0. The van der Waals surface area contributed by atoms with Crippen LogP contribution < -0.4 is 10.1 Å². The van der Waals surface area contributed by atoms with Crippen molar-refractivity contribution in [2.24, 2.45) is 0 Å². The molecule has 1 N–H and O–H groups in total. The average molecular weight is 335 g/mol. The maximum atomic E-state index is 12.1. The van der Waals surface area contributed by atoms with Crippen LogP contribution in [0.2, 0.25) is 0 Å². The Balaban J connectivity index is 1.71. The van der Waals surface area contributed by atoms with Gasteiger partial charge in [0.1, 0.15) is 12.4 Å². The third-order valence-corrected chi connectivity index (χ3v) is 4.28. The number of nitrogens with one attached hydrogen (secondary N) is 1. The topological polar surface area (TPSA) is 54.0 Å². The van der Waals surface area contributed by atoms with Crippen molar-refractivity contribution >= 4 is 5.91 Å². The van der Waals surface area contributed by atoms with Crippen LogP contribution in [0.1, 0.15) is 12.5 Å². The lowest BCUT2D eigenvalue weighted by atomic mass is 10.2. The second-order valence-electron chi connectivity index (χ2n) is 6.34. The molecule has 1 atom stereocenters. The second-order valence-corrected chi connectivity index (χ2v) is 6.34. The number of ether oxygens (including phenoxy) is 2. The van der Waals surface area contributed by atoms with Crippen molar-refractivity contribution < 1.29 is 14.3 Å². The Morgan fingerprint density at radius 1 is 1.25 bits per heavy atom. The molecule has 1 heterocycles. The molecule has 0 unspecified atom stereocenters. The molecule has 0 aromatic heterocycles. The van der Waals surface area contributed by atoms with Crippen LogP contribution >= 0.6 is 0 Å². The van der Waals surface area contributed by atoms with Crippen molar-refractivity contribution in [3.8, 4) is 5.75 Å². The minimum Gasteiger partial charge on any atom is -0.491 e. The van der Waals surface area contributed by atoms with Gasteiger partial charge in [0.05, 0.1) is 13.2 Å². The quantitative estimate of drug-likeness (QED) is 0.717. The SMILES string of the molecule is COCCOc1ccc(CNC(=O)CN2CCN(C)C[C@@H]2C)cc1. The largest absolute Gasteiger partial charge is 0.491 e. The molecule has 1 aliphatic heterocycles. The maximum Gasteiger partial charge on any atom is 0.234 e. The molecule has 1 saturated heterocycles. The van der Waals surface area contributed by atoms with Gasteiger partial charge in [0.15, 0.2) is 0 Å². The number of likely N-dealkylation sites (N-methyl/N-ethyl adjacent to an activating group) is 1. The van der Waals surface area contributed by atoms with Crippen molar-refractivity contribution in [1.82, 2.24) is 15.1 Å². The summed E-state index contributed by atoms with van der Waals surface area (Å²) in [5, 5.41) is 2.99. The lowest BCUT2D eigenvalue weighted by Crippen LogP contribution is -2.53. The van der Waals surface area contributed by atoms with Crippen LogP contribution in [0.25, 0.3) is 0 Å². The van der Waals surface area contributed by atoms with E-state index in [0.717, 1.165) is 30.9 Å². The van der Waals surface area contributed by atoms with Crippen molar-refractivity contribution in [3.05, 3.63) is 29.8 Å². The molecule has 24 heavy (non-hydrogen) atoms. The summed E-state index contributed by atoms with van der Waals surface area (Å²) in [5.74, 6) is 0.889. The first-order chi connectivity index (χ1) is 11.6. The molecule has 2 rings (SSSR count). The fraction of sp³-hybridized carbons (Fsp3) is 0.611. The molecular formula is C18H29N3O3. The summed E-state index contributed by atoms with van der Waals surface area (Å²) in [7, 11) is 3.77. The fourth-order valence-corrected chi connectivity index (χ4v) is 2.80. The highest BCUT2D eigenvalue weighted by Crippen LogP contribution is 2.12. The van der Waals surface area contributed by atoms with Gasteiger partial charge in [0, 0.05) is 39.3 Å². The number of nitrogens with zero attached hydrogens (tertiary/aromatic N) is 2. The number of benzene rings is 1. The number of hydrogen-bond acceptors (Lipinski definition) is 5. The minimum atomic E-state index is 0.0758. The molecule has 1 aromatic rings. The molecule has 1 aromatic carbocycles. The molecule has 0 bridgehead atoms. The molecule has 1 fully saturated rings. The number of piperazine rings is 1. The zero-order chi connectivity index (χ0) is 17.4. The van der Waals surface area contributed by atoms with Gasteiger partial charge < -0.3 is 19.7 Å². The molecule has 6 heteroatoms. The van der Waals surface area contributed by atoms with Crippen molar-refractivity contribution in [2.75, 3.05) is 53.6 Å². The Hall–Kier alpha value is -1.63. The molecule has 0 saturated carbocycles. The molecule has 0 radical (unpaired) electrons. The van der Waals surface area contributed by atoms with Gasteiger partial charge in [-0.1, -0.05) is 12.1 Å². The summed E-state index contributed by atoms with van der Waals surface area (Å²) in [6.45, 7) is 7.26. The molecule has 134 valence electrons. The number of methoxy groups -OCH3 is 1. The third kappa shape index (κ3) is 6.11. The Kier molecular flexibility index (Phi) is 7.49. The van der Waals surface area contributed by atoms with E-state index in [4.69, 9.17) is 9.47 Å². The van der Waals surface area contributed by atoms with Crippen LogP contribution in [0.5, 0.6) is 5.75 Å². The van der Waals surface area contributed by atoms with E-state index >= 15 is 0 Å². The van der Waals surface area contributed by atoms with Crippen LogP contribution in [0, 0.1) is 0 Å². The third-order valence-electron chi connectivity index (χ3n) is 4.28. The molecule has 6 nitrogen and oxygen atoms in total. The van der Waals surface area contributed by atoms with Gasteiger partial charge in [-0.25, -0.2) is 0 Å². The van der Waals surface area contributed by atoms with E-state index in [1.54, 1.807) is 7.11 Å². The number of carbonyl (C=O) groups excluding carboxylic acids is 1. The molecule has 0 aliphatic carbocycles. The smallest absolute Gasteiger partial charge is 0.234 e. The van der Waals surface area contributed by atoms with E-state index in [1.807, 2.05) is 24.3 Å². The summed E-state index contributed by atoms with van der Waals surface area (Å²) < 4.78 is 10.5. The zero-order valence-electron chi connectivity index (χ0n) is 15.0. The van der Waals surface area contributed by atoms with Crippen molar-refractivity contribution in [3.63, 3.8) is 0 Å². The first kappa shape index (κ1) is 18.7. The van der Waals surface area contributed by atoms with E-state index in [-0.39, 0.29) is 5.91 Å². The Morgan fingerprint density at radius 3 is 2.67 bits per heavy atom. The van der Waals surface area contributed by atoms with Crippen LogP contribution in [-0.4, -0.2) is 75.3 Å².